The zero-order valence-corrected chi connectivity index (χ0v) is 21.9. The maximum absolute atomic E-state index is 11.6. The SMILES string of the molecule is CC(=O)N1CCN(Cc2ccc(CN3[C@H](C)CN(Cc4ccc(C(=O)CO)cc4)C[C@@H]3C)cc2)CC1. The van der Waals surface area contributed by atoms with Gasteiger partial charge < -0.3 is 10.0 Å². The lowest BCUT2D eigenvalue weighted by molar-refractivity contribution is -0.130. The van der Waals surface area contributed by atoms with E-state index >= 15 is 0 Å². The summed E-state index contributed by atoms with van der Waals surface area (Å²) >= 11 is 0. The standard InChI is InChI=1S/C29H40N4O3/c1-22-16-31(19-26-8-10-28(11-9-26)29(36)21-34)17-23(2)33(22)20-27-6-4-25(5-7-27)18-30-12-14-32(15-13-30)24(3)35/h4-11,22-23,34H,12-21H2,1-3H3/t22-,23+. The van der Waals surface area contributed by atoms with Gasteiger partial charge in [0.05, 0.1) is 0 Å². The molecule has 7 nitrogen and oxygen atoms in total. The minimum atomic E-state index is -0.446. The van der Waals surface area contributed by atoms with Gasteiger partial charge in [-0.15, -0.1) is 0 Å². The maximum Gasteiger partial charge on any atom is 0.219 e. The number of aliphatic hydroxyl groups excluding tert-OH is 1. The van der Waals surface area contributed by atoms with Crippen molar-refractivity contribution >= 4 is 11.7 Å². The van der Waals surface area contributed by atoms with E-state index in [0.717, 1.165) is 58.9 Å². The Morgan fingerprint density at radius 1 is 0.750 bits per heavy atom. The molecule has 0 radical (unpaired) electrons. The zero-order valence-electron chi connectivity index (χ0n) is 21.9. The summed E-state index contributed by atoms with van der Waals surface area (Å²) in [5.41, 5.74) is 4.43. The van der Waals surface area contributed by atoms with Crippen LogP contribution < -0.4 is 0 Å². The summed E-state index contributed by atoms with van der Waals surface area (Å²) in [5.74, 6) is -0.0631. The van der Waals surface area contributed by atoms with Crippen LogP contribution in [-0.4, -0.2) is 94.4 Å². The molecule has 2 aliphatic rings. The highest BCUT2D eigenvalue weighted by molar-refractivity contribution is 5.96. The largest absolute Gasteiger partial charge is 0.388 e. The van der Waals surface area contributed by atoms with Gasteiger partial charge >= 0.3 is 0 Å². The number of Topliss-reactive ketones (excluding diaryl/α,β-unsaturated/α-hetero) is 1. The lowest BCUT2D eigenvalue weighted by Gasteiger charge is -2.44. The molecule has 0 aromatic heterocycles. The van der Waals surface area contributed by atoms with E-state index in [-0.39, 0.29) is 11.7 Å². The van der Waals surface area contributed by atoms with E-state index in [9.17, 15) is 9.59 Å². The second-order valence-electron chi connectivity index (χ2n) is 10.4. The van der Waals surface area contributed by atoms with Gasteiger partial charge in [-0.05, 0) is 30.5 Å². The van der Waals surface area contributed by atoms with Crippen LogP contribution in [0.15, 0.2) is 48.5 Å². The summed E-state index contributed by atoms with van der Waals surface area (Å²) in [7, 11) is 0. The monoisotopic (exact) mass is 492 g/mol. The molecule has 2 saturated heterocycles. The van der Waals surface area contributed by atoms with Gasteiger partial charge in [0.2, 0.25) is 5.91 Å². The molecule has 0 bridgehead atoms. The second-order valence-corrected chi connectivity index (χ2v) is 10.4. The van der Waals surface area contributed by atoms with Crippen LogP contribution in [0.5, 0.6) is 0 Å². The molecule has 0 aliphatic carbocycles. The van der Waals surface area contributed by atoms with Crippen molar-refractivity contribution in [3.05, 3.63) is 70.8 Å². The molecule has 1 N–H and O–H groups in total. The van der Waals surface area contributed by atoms with Gasteiger partial charge in [0, 0.05) is 83.5 Å². The molecule has 2 heterocycles. The van der Waals surface area contributed by atoms with Crippen molar-refractivity contribution in [3.8, 4) is 0 Å². The number of nitrogens with zero attached hydrogens (tertiary/aromatic N) is 4. The number of piperazine rings is 2. The topological polar surface area (TPSA) is 67.3 Å². The molecule has 2 aromatic rings. The number of rotatable bonds is 8. The van der Waals surface area contributed by atoms with Crippen molar-refractivity contribution in [2.75, 3.05) is 45.9 Å². The predicted molar refractivity (Wildman–Crippen MR) is 142 cm³/mol. The number of hydrogen-bond acceptors (Lipinski definition) is 6. The van der Waals surface area contributed by atoms with Crippen LogP contribution in [0.3, 0.4) is 0 Å². The molecular formula is C29H40N4O3. The maximum atomic E-state index is 11.6. The summed E-state index contributed by atoms with van der Waals surface area (Å²) in [4.78, 5) is 32.6. The predicted octanol–water partition coefficient (Wildman–Crippen LogP) is 2.62. The molecule has 1 amide bonds. The minimum absolute atomic E-state index is 0.175. The second kappa shape index (κ2) is 12.1. The highest BCUT2D eigenvalue weighted by atomic mass is 16.3. The minimum Gasteiger partial charge on any atom is -0.388 e. The highest BCUT2D eigenvalue weighted by Gasteiger charge is 2.29. The van der Waals surface area contributed by atoms with Crippen LogP contribution in [0.25, 0.3) is 0 Å². The summed E-state index contributed by atoms with van der Waals surface area (Å²) in [6.45, 7) is 14.1. The molecule has 2 aliphatic heterocycles. The zero-order chi connectivity index (χ0) is 25.7. The highest BCUT2D eigenvalue weighted by Crippen LogP contribution is 2.21. The van der Waals surface area contributed by atoms with Gasteiger partial charge in [-0.25, -0.2) is 0 Å². The number of carbonyl (C=O) groups excluding carboxylic acids is 2. The van der Waals surface area contributed by atoms with Crippen molar-refractivity contribution < 1.29 is 14.7 Å². The van der Waals surface area contributed by atoms with Gasteiger partial charge in [-0.3, -0.25) is 24.3 Å². The molecule has 0 spiro atoms. The molecule has 7 heteroatoms. The molecular weight excluding hydrogens is 452 g/mol. The molecule has 2 fully saturated rings. The summed E-state index contributed by atoms with van der Waals surface area (Å²) in [6, 6.07) is 17.5. The van der Waals surface area contributed by atoms with Crippen LogP contribution in [0, 0.1) is 0 Å². The number of benzene rings is 2. The van der Waals surface area contributed by atoms with Gasteiger partial charge in [-0.2, -0.15) is 0 Å². The fourth-order valence-electron chi connectivity index (χ4n) is 5.49. The average molecular weight is 493 g/mol. The Morgan fingerprint density at radius 3 is 1.72 bits per heavy atom. The smallest absolute Gasteiger partial charge is 0.219 e. The Balaban J connectivity index is 1.26. The van der Waals surface area contributed by atoms with E-state index in [4.69, 9.17) is 5.11 Å². The summed E-state index contributed by atoms with van der Waals surface area (Å²) in [5, 5.41) is 9.04. The van der Waals surface area contributed by atoms with Crippen molar-refractivity contribution in [1.82, 2.24) is 19.6 Å². The van der Waals surface area contributed by atoms with E-state index in [1.54, 1.807) is 6.92 Å². The van der Waals surface area contributed by atoms with Gasteiger partial charge in [-0.1, -0.05) is 48.5 Å². The van der Waals surface area contributed by atoms with Crippen LogP contribution in [0.2, 0.25) is 0 Å². The third-order valence-corrected chi connectivity index (χ3v) is 7.61. The summed E-state index contributed by atoms with van der Waals surface area (Å²) < 4.78 is 0. The molecule has 194 valence electrons. The fourth-order valence-corrected chi connectivity index (χ4v) is 5.49. The first kappa shape index (κ1) is 26.5. The van der Waals surface area contributed by atoms with Crippen LogP contribution >= 0.6 is 0 Å². The third kappa shape index (κ3) is 6.79. The molecule has 0 saturated carbocycles. The van der Waals surface area contributed by atoms with Gasteiger partial charge in [0.25, 0.3) is 0 Å². The number of ketones is 1. The van der Waals surface area contributed by atoms with Crippen molar-refractivity contribution in [2.45, 2.75) is 52.5 Å². The first-order valence-electron chi connectivity index (χ1n) is 13.1. The normalized spacial score (nSPS) is 22.1. The van der Waals surface area contributed by atoms with Crippen molar-refractivity contribution in [3.63, 3.8) is 0 Å². The van der Waals surface area contributed by atoms with E-state index in [1.807, 2.05) is 29.2 Å². The Labute approximate surface area is 215 Å². The van der Waals surface area contributed by atoms with Gasteiger partial charge in [0.15, 0.2) is 5.78 Å². The van der Waals surface area contributed by atoms with Crippen LogP contribution in [0.1, 0.15) is 47.8 Å². The number of hydrogen-bond donors (Lipinski definition) is 1. The Kier molecular flexibility index (Phi) is 8.90. The Bertz CT molecular complexity index is 1000. The quantitative estimate of drug-likeness (QED) is 0.572. The third-order valence-electron chi connectivity index (χ3n) is 7.61. The van der Waals surface area contributed by atoms with Crippen LogP contribution in [0.4, 0.5) is 0 Å². The fraction of sp³-hybridized carbons (Fsp3) is 0.517. The first-order chi connectivity index (χ1) is 17.3. The van der Waals surface area contributed by atoms with E-state index in [2.05, 4.69) is 52.8 Å². The Hall–Kier alpha value is -2.58. The molecule has 2 atom stereocenters. The van der Waals surface area contributed by atoms with E-state index in [1.165, 1.54) is 16.7 Å². The lowest BCUT2D eigenvalue weighted by atomic mass is 10.0. The van der Waals surface area contributed by atoms with Crippen LogP contribution in [-0.2, 0) is 24.4 Å². The van der Waals surface area contributed by atoms with Gasteiger partial charge in [0.1, 0.15) is 6.61 Å². The average Bonchev–Trinajstić information content (AvgIpc) is 2.87. The Morgan fingerprint density at radius 2 is 1.22 bits per heavy atom. The van der Waals surface area contributed by atoms with E-state index in [0.29, 0.717) is 17.6 Å². The number of amides is 1. The summed E-state index contributed by atoms with van der Waals surface area (Å²) in [6.07, 6.45) is 0. The number of aliphatic hydroxyl groups is 1. The molecule has 4 rings (SSSR count). The van der Waals surface area contributed by atoms with Crippen molar-refractivity contribution in [1.29, 1.82) is 0 Å². The molecule has 2 aromatic carbocycles. The van der Waals surface area contributed by atoms with Crippen molar-refractivity contribution in [2.24, 2.45) is 0 Å². The van der Waals surface area contributed by atoms with E-state index < -0.39 is 6.61 Å². The molecule has 36 heavy (non-hydrogen) atoms. The number of carbonyl (C=O) groups is 2. The first-order valence-corrected chi connectivity index (χ1v) is 13.1. The lowest BCUT2D eigenvalue weighted by Crippen LogP contribution is -2.55. The molecule has 0 unspecified atom stereocenters.